The number of methoxy groups -OCH3 is 1. The van der Waals surface area contributed by atoms with Crippen LogP contribution in [0.15, 0.2) is 42.3 Å². The lowest BCUT2D eigenvalue weighted by Crippen LogP contribution is -2.58. The number of anilines is 1. The number of ether oxygens (including phenoxy) is 3. The molecule has 7 atom stereocenters. The SMILES string of the molecule is C=C[C@@H]1C[C@]1(NC(=O)[C@@H]1C[C@@H](Oc2cc(-c3csc(NC(C)C)n3)nc3cc(OC)ccc23)C[C@H]1C(=O)N[C@H](C(=O)N[C@@H](C)C(=O)NC)C(C)(C)C)C(=O)OCC. The van der Waals surface area contributed by atoms with Crippen molar-refractivity contribution in [2.75, 3.05) is 26.1 Å². The maximum Gasteiger partial charge on any atom is 0.332 e. The molecule has 1 aromatic carbocycles. The molecule has 2 saturated carbocycles. The maximum absolute atomic E-state index is 14.4. The Morgan fingerprint density at radius 1 is 1.00 bits per heavy atom. The van der Waals surface area contributed by atoms with Crippen LogP contribution in [0.1, 0.15) is 67.7 Å². The van der Waals surface area contributed by atoms with E-state index in [1.807, 2.05) is 25.3 Å². The van der Waals surface area contributed by atoms with Crippen LogP contribution in [0.3, 0.4) is 0 Å². The first-order valence-electron chi connectivity index (χ1n) is 19.3. The molecule has 308 valence electrons. The quantitative estimate of drug-likeness (QED) is 0.102. The third-order valence-electron chi connectivity index (χ3n) is 10.3. The number of amides is 4. The summed E-state index contributed by atoms with van der Waals surface area (Å²) in [5.74, 6) is -3.73. The number of fused-ring (bicyclic) bond motifs is 1. The van der Waals surface area contributed by atoms with Crippen LogP contribution in [0.5, 0.6) is 11.5 Å². The standard InChI is InChI=1S/C41H55N7O8S/c1-11-23-19-41(23,38(53)55-12-2)48-36(51)28-16-25(15-27(28)35(50)47-33(40(6,7)8)37(52)44-22(5)34(49)42-9)56-32-18-30(31-20-57-39(46-31)43-21(3)4)45-29-17-24(54-10)13-14-26(29)32/h11,13-14,17-18,20-23,25,27-28,33H,1,12,15-16,19H2,2-10H3,(H,42,49)(H,43,46)(H,44,52)(H,47,50)(H,48,51)/t22-,23+,25-,27+,28+,33+,41+/m0/s1. The molecule has 3 aromatic rings. The Morgan fingerprint density at radius 3 is 2.30 bits per heavy atom. The minimum absolute atomic E-state index is 0.114. The molecular formula is C41H55N7O8S. The molecule has 0 spiro atoms. The van der Waals surface area contributed by atoms with Gasteiger partial charge in [0.2, 0.25) is 23.6 Å². The largest absolute Gasteiger partial charge is 0.497 e. The minimum Gasteiger partial charge on any atom is -0.497 e. The Hall–Kier alpha value is -5.25. The van der Waals surface area contributed by atoms with Gasteiger partial charge in [-0.05, 0) is 64.5 Å². The van der Waals surface area contributed by atoms with Crippen molar-refractivity contribution in [1.82, 2.24) is 31.2 Å². The van der Waals surface area contributed by atoms with Crippen molar-refractivity contribution in [1.29, 1.82) is 0 Å². The number of likely N-dealkylation sites (N-methyl/N-ethyl adjacent to an activating group) is 1. The predicted molar refractivity (Wildman–Crippen MR) is 218 cm³/mol. The molecule has 0 unspecified atom stereocenters. The molecule has 2 heterocycles. The van der Waals surface area contributed by atoms with Crippen molar-refractivity contribution in [3.8, 4) is 22.9 Å². The topological polar surface area (TPSA) is 199 Å². The molecule has 2 aliphatic rings. The number of aromatic nitrogens is 2. The summed E-state index contributed by atoms with van der Waals surface area (Å²) in [7, 11) is 3.04. The van der Waals surface area contributed by atoms with E-state index in [-0.39, 0.29) is 31.4 Å². The van der Waals surface area contributed by atoms with Gasteiger partial charge in [-0.2, -0.15) is 0 Å². The average molecular weight is 806 g/mol. The van der Waals surface area contributed by atoms with E-state index >= 15 is 0 Å². The van der Waals surface area contributed by atoms with Gasteiger partial charge in [-0.15, -0.1) is 17.9 Å². The van der Waals surface area contributed by atoms with Crippen LogP contribution in [0.4, 0.5) is 5.13 Å². The number of esters is 1. The number of nitrogens with zero attached hydrogens (tertiary/aromatic N) is 2. The summed E-state index contributed by atoms with van der Waals surface area (Å²) < 4.78 is 17.6. The van der Waals surface area contributed by atoms with Gasteiger partial charge in [0.05, 0.1) is 36.8 Å². The Labute approximate surface area is 337 Å². The Morgan fingerprint density at radius 2 is 1.70 bits per heavy atom. The van der Waals surface area contributed by atoms with Crippen LogP contribution in [0.25, 0.3) is 22.3 Å². The van der Waals surface area contributed by atoms with Gasteiger partial charge < -0.3 is 40.8 Å². The summed E-state index contributed by atoms with van der Waals surface area (Å²) in [6.07, 6.45) is 1.52. The van der Waals surface area contributed by atoms with E-state index in [2.05, 4.69) is 33.2 Å². The number of carbonyl (C=O) groups excluding carboxylic acids is 5. The fraction of sp³-hybridized carbons (Fsp3) is 0.537. The molecule has 2 fully saturated rings. The summed E-state index contributed by atoms with van der Waals surface area (Å²) in [4.78, 5) is 77.3. The molecule has 16 heteroatoms. The van der Waals surface area contributed by atoms with E-state index < -0.39 is 70.6 Å². The molecule has 2 aliphatic carbocycles. The second-order valence-electron chi connectivity index (χ2n) is 16.0. The predicted octanol–water partition coefficient (Wildman–Crippen LogP) is 4.37. The second kappa shape index (κ2) is 17.5. The number of thiazole rings is 1. The summed E-state index contributed by atoms with van der Waals surface area (Å²) in [6, 6.07) is 5.51. The minimum atomic E-state index is -1.29. The zero-order valence-electron chi connectivity index (χ0n) is 34.1. The van der Waals surface area contributed by atoms with E-state index in [1.54, 1.807) is 66.0 Å². The highest BCUT2D eigenvalue weighted by molar-refractivity contribution is 7.14. The Balaban J connectivity index is 1.49. The van der Waals surface area contributed by atoms with Crippen LogP contribution in [0.2, 0.25) is 0 Å². The van der Waals surface area contributed by atoms with Crippen molar-refractivity contribution >= 4 is 57.0 Å². The van der Waals surface area contributed by atoms with Crippen molar-refractivity contribution < 1.29 is 38.2 Å². The third-order valence-corrected chi connectivity index (χ3v) is 11.1. The lowest BCUT2D eigenvalue weighted by molar-refractivity contribution is -0.150. The van der Waals surface area contributed by atoms with Crippen LogP contribution >= 0.6 is 11.3 Å². The van der Waals surface area contributed by atoms with Gasteiger partial charge in [0.25, 0.3) is 0 Å². The van der Waals surface area contributed by atoms with Crippen molar-refractivity contribution in [2.24, 2.45) is 23.2 Å². The number of rotatable bonds is 16. The van der Waals surface area contributed by atoms with E-state index in [1.165, 1.54) is 18.4 Å². The van der Waals surface area contributed by atoms with E-state index in [0.717, 1.165) is 5.13 Å². The molecule has 0 radical (unpaired) electrons. The fourth-order valence-corrected chi connectivity index (χ4v) is 8.01. The number of carbonyl (C=O) groups is 5. The van der Waals surface area contributed by atoms with Gasteiger partial charge >= 0.3 is 5.97 Å². The fourth-order valence-electron chi connectivity index (χ4n) is 7.16. The molecule has 0 saturated heterocycles. The first-order valence-corrected chi connectivity index (χ1v) is 20.1. The zero-order chi connectivity index (χ0) is 41.8. The maximum atomic E-state index is 14.4. The molecule has 4 amide bonds. The Bertz CT molecular complexity index is 2010. The van der Waals surface area contributed by atoms with Gasteiger partial charge in [0.15, 0.2) is 5.13 Å². The molecule has 5 N–H and O–H groups in total. The molecular weight excluding hydrogens is 751 g/mol. The zero-order valence-corrected chi connectivity index (χ0v) is 34.9. The first-order chi connectivity index (χ1) is 26.9. The highest BCUT2D eigenvalue weighted by Gasteiger charge is 2.62. The number of pyridine rings is 1. The molecule has 5 rings (SSSR count). The van der Waals surface area contributed by atoms with Crippen LogP contribution in [0, 0.1) is 23.2 Å². The summed E-state index contributed by atoms with van der Waals surface area (Å²) in [5.41, 5.74) is -0.265. The third kappa shape index (κ3) is 9.66. The highest BCUT2D eigenvalue weighted by atomic mass is 32.1. The normalized spacial score (nSPS) is 22.5. The monoisotopic (exact) mass is 805 g/mol. The number of benzene rings is 1. The number of nitrogens with one attached hydrogen (secondary N) is 5. The molecule has 0 bridgehead atoms. The smallest absolute Gasteiger partial charge is 0.332 e. The van der Waals surface area contributed by atoms with Gasteiger partial charge in [-0.1, -0.05) is 26.8 Å². The van der Waals surface area contributed by atoms with Crippen molar-refractivity contribution in [2.45, 2.75) is 97.5 Å². The van der Waals surface area contributed by atoms with E-state index in [4.69, 9.17) is 24.2 Å². The van der Waals surface area contributed by atoms with Gasteiger partial charge in [-0.3, -0.25) is 19.2 Å². The van der Waals surface area contributed by atoms with Crippen LogP contribution in [-0.2, 0) is 28.7 Å². The second-order valence-corrected chi connectivity index (χ2v) is 16.9. The summed E-state index contributed by atoms with van der Waals surface area (Å²) >= 11 is 1.46. The lowest BCUT2D eigenvalue weighted by atomic mass is 9.84. The molecule has 0 aliphatic heterocycles. The Kier molecular flexibility index (Phi) is 13.2. The van der Waals surface area contributed by atoms with Gasteiger partial charge in [0.1, 0.15) is 40.9 Å². The highest BCUT2D eigenvalue weighted by Crippen LogP contribution is 2.47. The van der Waals surface area contributed by atoms with E-state index in [0.29, 0.717) is 40.2 Å². The van der Waals surface area contributed by atoms with E-state index in [9.17, 15) is 24.0 Å². The van der Waals surface area contributed by atoms with Crippen LogP contribution < -0.4 is 36.1 Å². The van der Waals surface area contributed by atoms with Crippen molar-refractivity contribution in [3.05, 3.63) is 42.3 Å². The number of hydrogen-bond donors (Lipinski definition) is 5. The summed E-state index contributed by atoms with van der Waals surface area (Å²) in [6.45, 7) is 16.6. The molecule has 2 aromatic heterocycles. The lowest BCUT2D eigenvalue weighted by Gasteiger charge is -2.32. The van der Waals surface area contributed by atoms with Gasteiger partial charge in [0, 0.05) is 41.9 Å². The molecule has 15 nitrogen and oxygen atoms in total. The summed E-state index contributed by atoms with van der Waals surface area (Å²) in [5, 5.41) is 17.7. The first kappa shape index (κ1) is 42.9. The number of hydrogen-bond acceptors (Lipinski definition) is 12. The van der Waals surface area contributed by atoms with Gasteiger partial charge in [-0.25, -0.2) is 14.8 Å². The average Bonchev–Trinajstić information content (AvgIpc) is 3.43. The molecule has 57 heavy (non-hydrogen) atoms. The van der Waals surface area contributed by atoms with Crippen molar-refractivity contribution in [3.63, 3.8) is 0 Å². The van der Waals surface area contributed by atoms with Crippen LogP contribution in [-0.4, -0.2) is 90.1 Å².